The number of ether oxygens (including phenoxy) is 1. The first-order chi connectivity index (χ1) is 15.8. The molecule has 3 heterocycles. The van der Waals surface area contributed by atoms with Gasteiger partial charge >= 0.3 is 0 Å². The minimum absolute atomic E-state index is 0.725. The number of benzene rings is 2. The topological polar surface area (TPSA) is 52.8 Å². The van der Waals surface area contributed by atoms with E-state index in [2.05, 4.69) is 55.9 Å². The number of hydrogen-bond acceptors (Lipinski definition) is 7. The second-order valence-electron chi connectivity index (χ2n) is 6.99. The minimum Gasteiger partial charge on any atom is -0.496 e. The van der Waals surface area contributed by atoms with Crippen LogP contribution in [0, 0.1) is 0 Å². The number of nitrogens with zero attached hydrogens (tertiary/aromatic N) is 4. The van der Waals surface area contributed by atoms with Crippen LogP contribution in [-0.4, -0.2) is 26.9 Å². The monoisotopic (exact) mass is 476 g/mol. The number of thioether (sulfide) groups is 1. The van der Waals surface area contributed by atoms with Gasteiger partial charge in [-0.2, -0.15) is 0 Å². The molecule has 0 saturated carbocycles. The molecule has 3 aromatic heterocycles. The van der Waals surface area contributed by atoms with E-state index in [-0.39, 0.29) is 0 Å². The molecule has 0 N–H and O–H groups in total. The van der Waals surface area contributed by atoms with E-state index in [1.54, 1.807) is 41.5 Å². The Kier molecular flexibility index (Phi) is 6.34. The Labute approximate surface area is 198 Å². The van der Waals surface area contributed by atoms with E-state index in [0.717, 1.165) is 50.2 Å². The molecule has 160 valence electrons. The Morgan fingerprint density at radius 2 is 1.78 bits per heavy atom. The summed E-state index contributed by atoms with van der Waals surface area (Å²) in [6, 6.07) is 22.5. The van der Waals surface area contributed by atoms with Gasteiger partial charge in [-0.05, 0) is 29.1 Å². The molecule has 0 aliphatic rings. The summed E-state index contributed by atoms with van der Waals surface area (Å²) in [7, 11) is 1.69. The van der Waals surface area contributed by atoms with Gasteiger partial charge in [0.25, 0.3) is 0 Å². The van der Waals surface area contributed by atoms with Crippen molar-refractivity contribution in [3.8, 4) is 27.0 Å². The van der Waals surface area contributed by atoms with Crippen molar-refractivity contribution in [2.75, 3.05) is 7.11 Å². The van der Waals surface area contributed by atoms with Gasteiger partial charge in [0, 0.05) is 11.1 Å². The molecule has 0 aliphatic carbocycles. The molecular weight excluding hydrogens is 456 g/mol. The summed E-state index contributed by atoms with van der Waals surface area (Å²) < 4.78 is 7.68. The lowest BCUT2D eigenvalue weighted by Gasteiger charge is -2.09. The highest BCUT2D eigenvalue weighted by Crippen LogP contribution is 2.34. The van der Waals surface area contributed by atoms with Crippen LogP contribution in [0.4, 0.5) is 0 Å². The first kappa shape index (κ1) is 20.9. The maximum Gasteiger partial charge on any atom is 0.192 e. The molecule has 5 nitrogen and oxygen atoms in total. The lowest BCUT2D eigenvalue weighted by Crippen LogP contribution is -2.03. The summed E-state index contributed by atoms with van der Waals surface area (Å²) in [5.74, 6) is 2.46. The van der Waals surface area contributed by atoms with Gasteiger partial charge in [0.05, 0.1) is 29.8 Å². The maximum absolute atomic E-state index is 5.49. The van der Waals surface area contributed by atoms with E-state index >= 15 is 0 Å². The second-order valence-corrected chi connectivity index (χ2v) is 9.74. The summed E-state index contributed by atoms with van der Waals surface area (Å²) in [6.07, 6.45) is 0. The molecule has 32 heavy (non-hydrogen) atoms. The van der Waals surface area contributed by atoms with Crippen molar-refractivity contribution in [3.05, 3.63) is 88.7 Å². The van der Waals surface area contributed by atoms with Gasteiger partial charge in [-0.15, -0.1) is 32.9 Å². The minimum atomic E-state index is 0.725. The van der Waals surface area contributed by atoms with Crippen molar-refractivity contribution in [1.82, 2.24) is 19.7 Å². The van der Waals surface area contributed by atoms with E-state index in [9.17, 15) is 0 Å². The van der Waals surface area contributed by atoms with E-state index in [0.29, 0.717) is 0 Å². The van der Waals surface area contributed by atoms with Crippen molar-refractivity contribution >= 4 is 34.4 Å². The molecule has 5 rings (SSSR count). The third-order valence-corrected chi connectivity index (χ3v) is 7.67. The number of para-hydroxylation sites is 1. The molecule has 0 aliphatic heterocycles. The molecule has 0 saturated heterocycles. The van der Waals surface area contributed by atoms with Crippen LogP contribution in [0.2, 0.25) is 0 Å². The Balaban J connectivity index is 1.38. The van der Waals surface area contributed by atoms with Gasteiger partial charge in [-0.3, -0.25) is 4.57 Å². The summed E-state index contributed by atoms with van der Waals surface area (Å²) in [6.45, 7) is 0.729. The zero-order chi connectivity index (χ0) is 21.8. The highest BCUT2D eigenvalue weighted by molar-refractivity contribution is 7.98. The Morgan fingerprint density at radius 1 is 0.938 bits per heavy atom. The van der Waals surface area contributed by atoms with Crippen LogP contribution in [0.1, 0.15) is 11.3 Å². The summed E-state index contributed by atoms with van der Waals surface area (Å²) in [5.41, 5.74) is 3.26. The Morgan fingerprint density at radius 3 is 2.59 bits per heavy atom. The molecule has 0 atom stereocenters. The van der Waals surface area contributed by atoms with Crippen molar-refractivity contribution < 1.29 is 4.74 Å². The average molecular weight is 477 g/mol. The molecule has 0 radical (unpaired) electrons. The highest BCUT2D eigenvalue weighted by atomic mass is 32.2. The molecule has 2 aromatic carbocycles. The normalized spacial score (nSPS) is 11.0. The van der Waals surface area contributed by atoms with E-state index in [1.807, 2.05) is 36.4 Å². The SMILES string of the molecule is COc1ccccc1-c1nc(CSc2nnc(-c3cccs3)n2Cc2ccccc2)cs1. The maximum atomic E-state index is 5.49. The van der Waals surface area contributed by atoms with Crippen LogP contribution in [0.3, 0.4) is 0 Å². The molecule has 0 fully saturated rings. The number of hydrogen-bond donors (Lipinski definition) is 0. The zero-order valence-electron chi connectivity index (χ0n) is 17.3. The van der Waals surface area contributed by atoms with Crippen LogP contribution < -0.4 is 4.74 Å². The predicted octanol–water partition coefficient (Wildman–Crippen LogP) is 6.48. The number of thiophene rings is 1. The number of rotatable bonds is 8. The summed E-state index contributed by atoms with van der Waals surface area (Å²) in [5, 5.41) is 15.1. The molecule has 0 bridgehead atoms. The largest absolute Gasteiger partial charge is 0.496 e. The lowest BCUT2D eigenvalue weighted by molar-refractivity contribution is 0.416. The van der Waals surface area contributed by atoms with Gasteiger partial charge < -0.3 is 4.74 Å². The molecule has 0 spiro atoms. The Hall–Kier alpha value is -2.94. The molecule has 0 amide bonds. The average Bonchev–Trinajstić information content (AvgIpc) is 3.60. The van der Waals surface area contributed by atoms with Crippen molar-refractivity contribution in [1.29, 1.82) is 0 Å². The lowest BCUT2D eigenvalue weighted by atomic mass is 10.2. The summed E-state index contributed by atoms with van der Waals surface area (Å²) >= 11 is 4.97. The molecule has 8 heteroatoms. The van der Waals surface area contributed by atoms with Crippen molar-refractivity contribution in [3.63, 3.8) is 0 Å². The van der Waals surface area contributed by atoms with Crippen molar-refractivity contribution in [2.24, 2.45) is 0 Å². The first-order valence-corrected chi connectivity index (χ1v) is 12.8. The number of aromatic nitrogens is 4. The zero-order valence-corrected chi connectivity index (χ0v) is 19.8. The van der Waals surface area contributed by atoms with Gasteiger partial charge in [-0.25, -0.2) is 4.98 Å². The molecular formula is C24H20N4OS3. The van der Waals surface area contributed by atoms with E-state index in [4.69, 9.17) is 9.72 Å². The quantitative estimate of drug-likeness (QED) is 0.240. The first-order valence-electron chi connectivity index (χ1n) is 10.0. The van der Waals surface area contributed by atoms with Crippen LogP contribution in [0.15, 0.2) is 82.6 Å². The predicted molar refractivity (Wildman–Crippen MR) is 133 cm³/mol. The molecule has 5 aromatic rings. The van der Waals surface area contributed by atoms with Gasteiger partial charge in [0.2, 0.25) is 0 Å². The summed E-state index contributed by atoms with van der Waals surface area (Å²) in [4.78, 5) is 5.95. The fourth-order valence-electron chi connectivity index (χ4n) is 3.35. The van der Waals surface area contributed by atoms with Gasteiger partial charge in [0.15, 0.2) is 11.0 Å². The third kappa shape index (κ3) is 4.48. The fourth-order valence-corrected chi connectivity index (χ4v) is 5.85. The van der Waals surface area contributed by atoms with Crippen LogP contribution in [-0.2, 0) is 12.3 Å². The standard InChI is InChI=1S/C24H20N4OS3/c1-29-20-11-6-5-10-19(20)23-25-18(15-31-23)16-32-24-27-26-22(21-12-7-13-30-21)28(24)14-17-8-3-2-4-9-17/h2-13,15H,14,16H2,1H3. The number of methoxy groups -OCH3 is 1. The van der Waals surface area contributed by atoms with Crippen LogP contribution in [0.5, 0.6) is 5.75 Å². The fraction of sp³-hybridized carbons (Fsp3) is 0.125. The second kappa shape index (κ2) is 9.68. The van der Waals surface area contributed by atoms with E-state index in [1.165, 1.54) is 5.56 Å². The van der Waals surface area contributed by atoms with Gasteiger partial charge in [-0.1, -0.05) is 60.3 Å². The third-order valence-electron chi connectivity index (χ3n) is 4.88. The van der Waals surface area contributed by atoms with E-state index < -0.39 is 0 Å². The number of thiazole rings is 1. The van der Waals surface area contributed by atoms with Crippen LogP contribution in [0.25, 0.3) is 21.3 Å². The highest BCUT2D eigenvalue weighted by Gasteiger charge is 2.17. The van der Waals surface area contributed by atoms with Gasteiger partial charge in [0.1, 0.15) is 10.8 Å². The molecule has 0 unspecified atom stereocenters. The Bertz CT molecular complexity index is 1300. The van der Waals surface area contributed by atoms with Crippen LogP contribution >= 0.6 is 34.4 Å². The van der Waals surface area contributed by atoms with Crippen molar-refractivity contribution in [2.45, 2.75) is 17.5 Å². The smallest absolute Gasteiger partial charge is 0.192 e.